The Hall–Kier alpha value is -0.160. The smallest absolute Gasteiger partial charge is 0.0897 e. The van der Waals surface area contributed by atoms with Crippen LogP contribution in [0.1, 0.15) is 33.6 Å². The lowest BCUT2D eigenvalue weighted by Crippen LogP contribution is -2.31. The summed E-state index contributed by atoms with van der Waals surface area (Å²) >= 11 is 0. The van der Waals surface area contributed by atoms with Crippen molar-refractivity contribution in [3.05, 3.63) is 0 Å². The van der Waals surface area contributed by atoms with Gasteiger partial charge in [0.25, 0.3) is 0 Å². The largest absolute Gasteiger partial charge is 0.389 e. The number of methoxy groups -OCH3 is 1. The van der Waals surface area contributed by atoms with Gasteiger partial charge < -0.3 is 19.9 Å². The molecule has 4 nitrogen and oxygen atoms in total. The summed E-state index contributed by atoms with van der Waals surface area (Å²) in [4.78, 5) is 0. The first kappa shape index (κ1) is 15.8. The SMILES string of the molecule is CCCNCC(O)COCCC(C)(C)OC. The van der Waals surface area contributed by atoms with E-state index in [0.717, 1.165) is 19.4 Å². The van der Waals surface area contributed by atoms with Crippen molar-refractivity contribution >= 4 is 0 Å². The lowest BCUT2D eigenvalue weighted by molar-refractivity contribution is -0.0241. The van der Waals surface area contributed by atoms with Crippen LogP contribution in [0.5, 0.6) is 0 Å². The Labute approximate surface area is 99.3 Å². The second kappa shape index (κ2) is 8.93. The number of hydrogen-bond donors (Lipinski definition) is 2. The van der Waals surface area contributed by atoms with Gasteiger partial charge in [0, 0.05) is 20.3 Å². The van der Waals surface area contributed by atoms with Crippen LogP contribution < -0.4 is 5.32 Å². The maximum atomic E-state index is 9.54. The fourth-order valence-electron chi connectivity index (χ4n) is 1.14. The first-order valence-electron chi connectivity index (χ1n) is 6.03. The third-order valence-electron chi connectivity index (χ3n) is 2.52. The van der Waals surface area contributed by atoms with Crippen LogP contribution in [-0.2, 0) is 9.47 Å². The third-order valence-corrected chi connectivity index (χ3v) is 2.52. The molecule has 1 atom stereocenters. The van der Waals surface area contributed by atoms with Crippen LogP contribution in [0, 0.1) is 0 Å². The standard InChI is InChI=1S/C12H27NO3/c1-5-7-13-9-11(14)10-16-8-6-12(2,3)15-4/h11,13-14H,5-10H2,1-4H3. The van der Waals surface area contributed by atoms with E-state index in [-0.39, 0.29) is 5.60 Å². The molecule has 0 saturated heterocycles. The monoisotopic (exact) mass is 233 g/mol. The second-order valence-electron chi connectivity index (χ2n) is 4.65. The highest BCUT2D eigenvalue weighted by atomic mass is 16.5. The van der Waals surface area contributed by atoms with Gasteiger partial charge in [-0.3, -0.25) is 0 Å². The number of aliphatic hydroxyl groups excluding tert-OH is 1. The Kier molecular flexibility index (Phi) is 8.84. The molecule has 0 spiro atoms. The van der Waals surface area contributed by atoms with E-state index in [2.05, 4.69) is 12.2 Å². The zero-order valence-corrected chi connectivity index (χ0v) is 11.1. The molecule has 0 rings (SSSR count). The van der Waals surface area contributed by atoms with E-state index in [0.29, 0.717) is 19.8 Å². The fraction of sp³-hybridized carbons (Fsp3) is 1.00. The summed E-state index contributed by atoms with van der Waals surface area (Å²) in [7, 11) is 1.70. The molecule has 0 aliphatic carbocycles. The lowest BCUT2D eigenvalue weighted by atomic mass is 10.1. The molecule has 16 heavy (non-hydrogen) atoms. The van der Waals surface area contributed by atoms with Gasteiger partial charge in [-0.1, -0.05) is 6.92 Å². The highest BCUT2D eigenvalue weighted by Crippen LogP contribution is 2.12. The van der Waals surface area contributed by atoms with Crippen molar-refractivity contribution in [3.8, 4) is 0 Å². The van der Waals surface area contributed by atoms with Gasteiger partial charge in [0.15, 0.2) is 0 Å². The molecular weight excluding hydrogens is 206 g/mol. The molecule has 1 unspecified atom stereocenters. The maximum Gasteiger partial charge on any atom is 0.0897 e. The summed E-state index contributed by atoms with van der Waals surface area (Å²) in [6.45, 7) is 8.69. The van der Waals surface area contributed by atoms with Gasteiger partial charge in [0.2, 0.25) is 0 Å². The molecule has 0 aliphatic rings. The van der Waals surface area contributed by atoms with E-state index in [1.54, 1.807) is 7.11 Å². The van der Waals surface area contributed by atoms with Gasteiger partial charge in [0.1, 0.15) is 0 Å². The Morgan fingerprint density at radius 1 is 1.38 bits per heavy atom. The number of rotatable bonds is 10. The quantitative estimate of drug-likeness (QED) is 0.556. The lowest BCUT2D eigenvalue weighted by Gasteiger charge is -2.22. The van der Waals surface area contributed by atoms with Crippen molar-refractivity contribution < 1.29 is 14.6 Å². The van der Waals surface area contributed by atoms with Crippen LogP contribution in [0.4, 0.5) is 0 Å². The van der Waals surface area contributed by atoms with Gasteiger partial charge in [-0.25, -0.2) is 0 Å². The number of hydrogen-bond acceptors (Lipinski definition) is 4. The van der Waals surface area contributed by atoms with Crippen molar-refractivity contribution in [1.82, 2.24) is 5.32 Å². The summed E-state index contributed by atoms with van der Waals surface area (Å²) in [5.74, 6) is 0. The van der Waals surface area contributed by atoms with Crippen LogP contribution >= 0.6 is 0 Å². The van der Waals surface area contributed by atoms with E-state index in [4.69, 9.17) is 9.47 Å². The van der Waals surface area contributed by atoms with E-state index in [1.807, 2.05) is 13.8 Å². The second-order valence-corrected chi connectivity index (χ2v) is 4.65. The minimum atomic E-state index is -0.419. The van der Waals surface area contributed by atoms with Gasteiger partial charge >= 0.3 is 0 Å². The van der Waals surface area contributed by atoms with Crippen LogP contribution in [-0.4, -0.2) is 50.2 Å². The summed E-state index contributed by atoms with van der Waals surface area (Å²) in [6.07, 6.45) is 1.49. The molecule has 0 bridgehead atoms. The number of ether oxygens (including phenoxy) is 2. The molecule has 0 heterocycles. The van der Waals surface area contributed by atoms with Crippen LogP contribution in [0.2, 0.25) is 0 Å². The van der Waals surface area contributed by atoms with Gasteiger partial charge in [-0.05, 0) is 33.2 Å². The molecule has 0 amide bonds. The predicted molar refractivity (Wildman–Crippen MR) is 65.7 cm³/mol. The van der Waals surface area contributed by atoms with E-state index < -0.39 is 6.10 Å². The molecule has 0 saturated carbocycles. The third kappa shape index (κ3) is 9.09. The summed E-state index contributed by atoms with van der Waals surface area (Å²) in [6, 6.07) is 0. The van der Waals surface area contributed by atoms with E-state index in [1.165, 1.54) is 0 Å². The van der Waals surface area contributed by atoms with Crippen molar-refractivity contribution in [3.63, 3.8) is 0 Å². The number of aliphatic hydroxyl groups is 1. The maximum absolute atomic E-state index is 9.54. The predicted octanol–water partition coefficient (Wildman–Crippen LogP) is 1.18. The minimum absolute atomic E-state index is 0.147. The molecule has 0 aromatic rings. The zero-order valence-electron chi connectivity index (χ0n) is 11.1. The first-order valence-corrected chi connectivity index (χ1v) is 6.03. The molecule has 0 radical (unpaired) electrons. The Morgan fingerprint density at radius 2 is 2.06 bits per heavy atom. The van der Waals surface area contributed by atoms with E-state index >= 15 is 0 Å². The average Bonchev–Trinajstić information content (AvgIpc) is 2.25. The molecule has 2 N–H and O–H groups in total. The van der Waals surface area contributed by atoms with Crippen LogP contribution in [0.3, 0.4) is 0 Å². The van der Waals surface area contributed by atoms with Gasteiger partial charge in [-0.2, -0.15) is 0 Å². The molecule has 0 aromatic carbocycles. The zero-order chi connectivity index (χ0) is 12.4. The summed E-state index contributed by atoms with van der Waals surface area (Å²) < 4.78 is 10.7. The van der Waals surface area contributed by atoms with Gasteiger partial charge in [-0.15, -0.1) is 0 Å². The highest BCUT2D eigenvalue weighted by Gasteiger charge is 2.15. The first-order chi connectivity index (χ1) is 7.52. The molecule has 98 valence electrons. The van der Waals surface area contributed by atoms with Crippen molar-refractivity contribution in [2.75, 3.05) is 33.4 Å². The summed E-state index contributed by atoms with van der Waals surface area (Å²) in [5, 5.41) is 12.7. The normalized spacial score (nSPS) is 14.1. The molecule has 0 aliphatic heterocycles. The topological polar surface area (TPSA) is 50.7 Å². The summed E-state index contributed by atoms with van der Waals surface area (Å²) in [5.41, 5.74) is -0.147. The van der Waals surface area contributed by atoms with Gasteiger partial charge in [0.05, 0.1) is 18.3 Å². The fourth-order valence-corrected chi connectivity index (χ4v) is 1.14. The Morgan fingerprint density at radius 3 is 2.62 bits per heavy atom. The van der Waals surface area contributed by atoms with Crippen molar-refractivity contribution in [2.45, 2.75) is 45.3 Å². The van der Waals surface area contributed by atoms with Crippen LogP contribution in [0.25, 0.3) is 0 Å². The van der Waals surface area contributed by atoms with Crippen molar-refractivity contribution in [2.24, 2.45) is 0 Å². The Bertz CT molecular complexity index is 162. The Balaban J connectivity index is 3.37. The number of nitrogens with one attached hydrogen (secondary N) is 1. The van der Waals surface area contributed by atoms with Crippen LogP contribution in [0.15, 0.2) is 0 Å². The minimum Gasteiger partial charge on any atom is -0.389 e. The highest BCUT2D eigenvalue weighted by molar-refractivity contribution is 4.67. The molecular formula is C12H27NO3. The molecule has 4 heteroatoms. The molecule has 0 fully saturated rings. The molecule has 0 aromatic heterocycles. The van der Waals surface area contributed by atoms with Crippen molar-refractivity contribution in [1.29, 1.82) is 0 Å². The average molecular weight is 233 g/mol. The van der Waals surface area contributed by atoms with E-state index in [9.17, 15) is 5.11 Å².